The van der Waals surface area contributed by atoms with Crippen LogP contribution in [0.3, 0.4) is 0 Å². The standard InChI is InChI=1S/C18H18F3N7/c1-26(17-13(18(19,20)21)3-2-8-22-17)12-9-27(10-12)15-7-6-14-23-24-16(11-4-5-11)28(14)25-15/h2-3,6-8,11-12H,4-5,9-10H2,1H3. The van der Waals surface area contributed by atoms with Crippen molar-refractivity contribution >= 4 is 17.3 Å². The van der Waals surface area contributed by atoms with Gasteiger partial charge >= 0.3 is 6.18 Å². The summed E-state index contributed by atoms with van der Waals surface area (Å²) >= 11 is 0. The summed E-state index contributed by atoms with van der Waals surface area (Å²) in [7, 11) is 1.65. The van der Waals surface area contributed by atoms with Crippen LogP contribution in [0.25, 0.3) is 5.65 Å². The molecule has 3 aromatic heterocycles. The van der Waals surface area contributed by atoms with Gasteiger partial charge in [-0.3, -0.25) is 0 Å². The molecule has 10 heteroatoms. The van der Waals surface area contributed by atoms with Gasteiger partial charge in [-0.05, 0) is 37.1 Å². The SMILES string of the molecule is CN(c1ncccc1C(F)(F)F)C1CN(c2ccc3nnc(C4CC4)n3n2)C1. The number of halogens is 3. The molecule has 0 atom stereocenters. The van der Waals surface area contributed by atoms with E-state index in [0.29, 0.717) is 24.7 Å². The van der Waals surface area contributed by atoms with E-state index < -0.39 is 11.7 Å². The van der Waals surface area contributed by atoms with Crippen molar-refractivity contribution in [2.45, 2.75) is 31.0 Å². The minimum atomic E-state index is -4.43. The lowest BCUT2D eigenvalue weighted by Gasteiger charge is -2.45. The van der Waals surface area contributed by atoms with E-state index in [1.807, 2.05) is 17.0 Å². The van der Waals surface area contributed by atoms with Crippen LogP contribution in [0.5, 0.6) is 0 Å². The molecule has 7 nitrogen and oxygen atoms in total. The normalized spacial score (nSPS) is 17.8. The number of pyridine rings is 1. The molecule has 0 N–H and O–H groups in total. The zero-order chi connectivity index (χ0) is 19.5. The summed E-state index contributed by atoms with van der Waals surface area (Å²) in [5.74, 6) is 2.04. The number of fused-ring (bicyclic) bond motifs is 1. The van der Waals surface area contributed by atoms with E-state index in [4.69, 9.17) is 0 Å². The lowest BCUT2D eigenvalue weighted by atomic mass is 10.1. The monoisotopic (exact) mass is 389 g/mol. The highest BCUT2D eigenvalue weighted by Gasteiger charge is 2.39. The molecule has 1 aliphatic carbocycles. The van der Waals surface area contributed by atoms with Crippen LogP contribution in [0.1, 0.15) is 30.1 Å². The molecule has 3 aromatic rings. The Hall–Kier alpha value is -2.91. The first-order valence-electron chi connectivity index (χ1n) is 9.14. The highest BCUT2D eigenvalue weighted by Crippen LogP contribution is 2.39. The van der Waals surface area contributed by atoms with E-state index in [1.165, 1.54) is 12.3 Å². The van der Waals surface area contributed by atoms with Gasteiger partial charge in [-0.2, -0.15) is 17.7 Å². The smallest absolute Gasteiger partial charge is 0.353 e. The van der Waals surface area contributed by atoms with Crippen LogP contribution in [0.2, 0.25) is 0 Å². The highest BCUT2D eigenvalue weighted by atomic mass is 19.4. The Balaban J connectivity index is 1.34. The number of anilines is 2. The number of hydrogen-bond acceptors (Lipinski definition) is 6. The maximum atomic E-state index is 13.3. The van der Waals surface area contributed by atoms with Crippen LogP contribution < -0.4 is 9.80 Å². The summed E-state index contributed by atoms with van der Waals surface area (Å²) in [6, 6.07) is 6.05. The summed E-state index contributed by atoms with van der Waals surface area (Å²) in [5, 5.41) is 13.0. The van der Waals surface area contributed by atoms with Gasteiger partial charge in [0.1, 0.15) is 11.6 Å². The Morgan fingerprint density at radius 3 is 2.61 bits per heavy atom. The molecule has 1 saturated heterocycles. The van der Waals surface area contributed by atoms with Crippen molar-refractivity contribution in [3.05, 3.63) is 41.9 Å². The average Bonchev–Trinajstić information content (AvgIpc) is 3.39. The Morgan fingerprint density at radius 2 is 1.89 bits per heavy atom. The topological polar surface area (TPSA) is 62.5 Å². The summed E-state index contributed by atoms with van der Waals surface area (Å²) in [6.45, 7) is 1.15. The van der Waals surface area contributed by atoms with Crippen LogP contribution in [0.4, 0.5) is 24.8 Å². The zero-order valence-electron chi connectivity index (χ0n) is 15.1. The third kappa shape index (κ3) is 2.83. The van der Waals surface area contributed by atoms with Gasteiger partial charge < -0.3 is 9.80 Å². The van der Waals surface area contributed by atoms with Gasteiger partial charge in [0.05, 0.1) is 11.6 Å². The molecular weight excluding hydrogens is 371 g/mol. The molecule has 2 aliphatic rings. The van der Waals surface area contributed by atoms with Gasteiger partial charge in [-0.25, -0.2) is 4.98 Å². The van der Waals surface area contributed by atoms with Gasteiger partial charge in [0.2, 0.25) is 0 Å². The first-order valence-corrected chi connectivity index (χ1v) is 9.14. The molecule has 0 bridgehead atoms. The average molecular weight is 389 g/mol. The number of rotatable bonds is 4. The Bertz CT molecular complexity index is 1020. The quantitative estimate of drug-likeness (QED) is 0.684. The fraction of sp³-hybridized carbons (Fsp3) is 0.444. The minimum Gasteiger partial charge on any atom is -0.353 e. The van der Waals surface area contributed by atoms with Gasteiger partial charge in [0.25, 0.3) is 0 Å². The predicted octanol–water partition coefficient (Wildman–Crippen LogP) is 2.74. The van der Waals surface area contributed by atoms with Crippen LogP contribution in [0, 0.1) is 0 Å². The Morgan fingerprint density at radius 1 is 1.11 bits per heavy atom. The number of alkyl halides is 3. The van der Waals surface area contributed by atoms with E-state index in [0.717, 1.165) is 30.6 Å². The van der Waals surface area contributed by atoms with Gasteiger partial charge in [-0.1, -0.05) is 0 Å². The molecule has 28 heavy (non-hydrogen) atoms. The molecular formula is C18H18F3N7. The summed E-state index contributed by atoms with van der Waals surface area (Å²) in [4.78, 5) is 7.61. The van der Waals surface area contributed by atoms with Crippen molar-refractivity contribution in [3.63, 3.8) is 0 Å². The Kier molecular flexibility index (Phi) is 3.72. The second-order valence-corrected chi connectivity index (χ2v) is 7.34. The molecule has 1 saturated carbocycles. The maximum absolute atomic E-state index is 13.3. The molecule has 0 aromatic carbocycles. The van der Waals surface area contributed by atoms with Crippen molar-refractivity contribution in [1.82, 2.24) is 24.8 Å². The van der Waals surface area contributed by atoms with Crippen LogP contribution in [-0.2, 0) is 6.18 Å². The first kappa shape index (κ1) is 17.2. The predicted molar refractivity (Wildman–Crippen MR) is 96.4 cm³/mol. The zero-order valence-corrected chi connectivity index (χ0v) is 15.1. The lowest BCUT2D eigenvalue weighted by Crippen LogP contribution is -2.59. The fourth-order valence-electron chi connectivity index (χ4n) is 3.52. The van der Waals surface area contributed by atoms with Crippen LogP contribution in [0.15, 0.2) is 30.5 Å². The van der Waals surface area contributed by atoms with Gasteiger partial charge in [0, 0.05) is 32.3 Å². The number of nitrogens with zero attached hydrogens (tertiary/aromatic N) is 7. The summed E-state index contributed by atoms with van der Waals surface area (Å²) in [5.41, 5.74) is -0.00259. The lowest BCUT2D eigenvalue weighted by molar-refractivity contribution is -0.137. The van der Waals surface area contributed by atoms with E-state index in [9.17, 15) is 13.2 Å². The van der Waals surface area contributed by atoms with E-state index in [-0.39, 0.29) is 11.9 Å². The molecule has 4 heterocycles. The van der Waals surface area contributed by atoms with Crippen LogP contribution >= 0.6 is 0 Å². The maximum Gasteiger partial charge on any atom is 0.419 e. The molecule has 1 aliphatic heterocycles. The Labute approximate surface area is 158 Å². The first-order chi connectivity index (χ1) is 13.4. The molecule has 0 amide bonds. The van der Waals surface area contributed by atoms with E-state index >= 15 is 0 Å². The molecule has 0 radical (unpaired) electrons. The third-order valence-electron chi connectivity index (χ3n) is 5.38. The van der Waals surface area contributed by atoms with E-state index in [1.54, 1.807) is 16.5 Å². The third-order valence-corrected chi connectivity index (χ3v) is 5.38. The van der Waals surface area contributed by atoms with Crippen molar-refractivity contribution in [3.8, 4) is 0 Å². The second kappa shape index (κ2) is 6.05. The van der Waals surface area contributed by atoms with Crippen molar-refractivity contribution in [2.24, 2.45) is 0 Å². The second-order valence-electron chi connectivity index (χ2n) is 7.34. The van der Waals surface area contributed by atoms with Crippen molar-refractivity contribution in [1.29, 1.82) is 0 Å². The molecule has 5 rings (SSSR count). The van der Waals surface area contributed by atoms with Gasteiger partial charge in [0.15, 0.2) is 11.5 Å². The largest absolute Gasteiger partial charge is 0.419 e. The fourth-order valence-corrected chi connectivity index (χ4v) is 3.52. The van der Waals surface area contributed by atoms with Gasteiger partial charge in [-0.15, -0.1) is 15.3 Å². The summed E-state index contributed by atoms with van der Waals surface area (Å²) in [6.07, 6.45) is -0.830. The highest BCUT2D eigenvalue weighted by molar-refractivity contribution is 5.53. The summed E-state index contributed by atoms with van der Waals surface area (Å²) < 4.78 is 41.6. The number of hydrogen-bond donors (Lipinski definition) is 0. The molecule has 146 valence electrons. The molecule has 0 spiro atoms. The molecule has 0 unspecified atom stereocenters. The van der Waals surface area contributed by atoms with Crippen molar-refractivity contribution in [2.75, 3.05) is 29.9 Å². The minimum absolute atomic E-state index is 0.0436. The van der Waals surface area contributed by atoms with E-state index in [2.05, 4.69) is 20.3 Å². The molecule has 2 fully saturated rings. The number of aromatic nitrogens is 5. The van der Waals surface area contributed by atoms with Crippen LogP contribution in [-0.4, -0.2) is 51.0 Å². The van der Waals surface area contributed by atoms with Crippen molar-refractivity contribution < 1.29 is 13.2 Å². The number of likely N-dealkylation sites (N-methyl/N-ethyl adjacent to an activating group) is 1.